The molecule has 0 spiro atoms. The first-order valence-corrected chi connectivity index (χ1v) is 12.3. The van der Waals surface area contributed by atoms with Crippen LogP contribution < -0.4 is 16.0 Å². The van der Waals surface area contributed by atoms with E-state index in [0.717, 1.165) is 43.5 Å². The van der Waals surface area contributed by atoms with E-state index in [1.807, 2.05) is 30.4 Å². The summed E-state index contributed by atoms with van der Waals surface area (Å²) in [6.45, 7) is 1.92. The minimum absolute atomic E-state index is 0.0775. The zero-order valence-corrected chi connectivity index (χ0v) is 18.0. The minimum Gasteiger partial charge on any atom is -0.366 e. The van der Waals surface area contributed by atoms with Gasteiger partial charge in [-0.15, -0.1) is 0 Å². The summed E-state index contributed by atoms with van der Waals surface area (Å²) in [7, 11) is -3.22. The van der Waals surface area contributed by atoms with E-state index in [9.17, 15) is 13.2 Å². The number of nitrogens with zero attached hydrogens (tertiary/aromatic N) is 2. The maximum Gasteiger partial charge on any atom is 0.235 e. The molecule has 0 aromatic heterocycles. The molecule has 2 heterocycles. The smallest absolute Gasteiger partial charge is 0.235 e. The summed E-state index contributed by atoms with van der Waals surface area (Å²) < 4.78 is 26.1. The standard InChI is InChI=1S/C22H30N4O3S/c23-16-18-5-3-6-20(15-18)25-12-2-1-7-21(25)22(24-17-27)10-8-19(9-11-22)26-13-4-14-30(26,28)29/h3,5-6,8-10,15,17,21H,1-2,4,7,11-14,16,23H2,(H,24,27). The molecule has 30 heavy (non-hydrogen) atoms. The van der Waals surface area contributed by atoms with Crippen LogP contribution in [0.25, 0.3) is 0 Å². The zero-order valence-electron chi connectivity index (χ0n) is 17.2. The van der Waals surface area contributed by atoms with Crippen molar-refractivity contribution in [3.63, 3.8) is 0 Å². The van der Waals surface area contributed by atoms with Crippen molar-refractivity contribution in [3.05, 3.63) is 53.8 Å². The van der Waals surface area contributed by atoms with Gasteiger partial charge in [0.25, 0.3) is 0 Å². The van der Waals surface area contributed by atoms with Crippen molar-refractivity contribution in [1.82, 2.24) is 9.62 Å². The zero-order chi connectivity index (χ0) is 21.2. The fraction of sp³-hybridized carbons (Fsp3) is 0.500. The van der Waals surface area contributed by atoms with Crippen molar-refractivity contribution in [2.45, 2.75) is 50.2 Å². The Kier molecular flexibility index (Phi) is 5.88. The second kappa shape index (κ2) is 8.43. The topological polar surface area (TPSA) is 95.7 Å². The number of carbonyl (C=O) groups excluding carboxylic acids is 1. The highest BCUT2D eigenvalue weighted by atomic mass is 32.2. The molecule has 2 atom stereocenters. The van der Waals surface area contributed by atoms with Gasteiger partial charge >= 0.3 is 0 Å². The van der Waals surface area contributed by atoms with E-state index in [2.05, 4.69) is 22.3 Å². The molecule has 8 heteroatoms. The van der Waals surface area contributed by atoms with Gasteiger partial charge < -0.3 is 16.0 Å². The summed E-state index contributed by atoms with van der Waals surface area (Å²) in [6, 6.07) is 8.34. The number of nitrogens with one attached hydrogen (secondary N) is 1. The van der Waals surface area contributed by atoms with Gasteiger partial charge in [-0.05, 0) is 55.9 Å². The van der Waals surface area contributed by atoms with Crippen LogP contribution >= 0.6 is 0 Å². The molecule has 1 aliphatic carbocycles. The fourth-order valence-corrected chi connectivity index (χ4v) is 6.53. The second-order valence-electron chi connectivity index (χ2n) is 8.29. The lowest BCUT2D eigenvalue weighted by Gasteiger charge is -2.49. The van der Waals surface area contributed by atoms with Crippen molar-refractivity contribution in [2.75, 3.05) is 23.7 Å². The molecule has 0 bridgehead atoms. The Balaban J connectivity index is 1.64. The van der Waals surface area contributed by atoms with Crippen LogP contribution in [0.1, 0.15) is 37.7 Å². The Morgan fingerprint density at radius 2 is 2.10 bits per heavy atom. The summed E-state index contributed by atoms with van der Waals surface area (Å²) in [4.78, 5) is 14.0. The lowest BCUT2D eigenvalue weighted by atomic mass is 9.78. The number of piperidine rings is 1. The van der Waals surface area contributed by atoms with E-state index in [4.69, 9.17) is 5.73 Å². The predicted molar refractivity (Wildman–Crippen MR) is 118 cm³/mol. The number of anilines is 1. The number of allylic oxidation sites excluding steroid dienone is 1. The predicted octanol–water partition coefficient (Wildman–Crippen LogP) is 1.87. The molecule has 3 N–H and O–H groups in total. The second-order valence-corrected chi connectivity index (χ2v) is 10.3. The van der Waals surface area contributed by atoms with Crippen molar-refractivity contribution >= 4 is 22.1 Å². The average Bonchev–Trinajstić information content (AvgIpc) is 3.13. The van der Waals surface area contributed by atoms with Gasteiger partial charge in [-0.25, -0.2) is 8.42 Å². The summed E-state index contributed by atoms with van der Waals surface area (Å²) in [5.41, 5.74) is 8.17. The number of amides is 1. The molecule has 1 aromatic carbocycles. The van der Waals surface area contributed by atoms with Crippen molar-refractivity contribution in [3.8, 4) is 0 Å². The van der Waals surface area contributed by atoms with Gasteiger partial charge in [-0.1, -0.05) is 24.3 Å². The maximum atomic E-state index is 12.3. The number of hydrogen-bond acceptors (Lipinski definition) is 5. The Morgan fingerprint density at radius 3 is 2.77 bits per heavy atom. The fourth-order valence-electron chi connectivity index (χ4n) is 4.96. The molecule has 162 valence electrons. The Labute approximate surface area is 178 Å². The number of benzene rings is 1. The van der Waals surface area contributed by atoms with Gasteiger partial charge in [0.2, 0.25) is 16.4 Å². The minimum atomic E-state index is -3.22. The molecule has 0 saturated carbocycles. The van der Waals surface area contributed by atoms with E-state index in [1.54, 1.807) is 0 Å². The third-order valence-corrected chi connectivity index (χ3v) is 8.36. The van der Waals surface area contributed by atoms with E-state index in [0.29, 0.717) is 31.6 Å². The van der Waals surface area contributed by atoms with Crippen LogP contribution in [0.2, 0.25) is 0 Å². The number of hydrogen-bond donors (Lipinski definition) is 2. The van der Waals surface area contributed by atoms with Gasteiger partial charge in [0.1, 0.15) is 0 Å². The number of carbonyl (C=O) groups is 1. The van der Waals surface area contributed by atoms with Crippen molar-refractivity contribution in [1.29, 1.82) is 0 Å². The van der Waals surface area contributed by atoms with Crippen molar-refractivity contribution in [2.24, 2.45) is 5.73 Å². The van der Waals surface area contributed by atoms with E-state index in [1.165, 1.54) is 4.31 Å². The first kappa shape index (κ1) is 20.9. The van der Waals surface area contributed by atoms with E-state index < -0.39 is 15.6 Å². The monoisotopic (exact) mass is 430 g/mol. The van der Waals surface area contributed by atoms with Gasteiger partial charge in [-0.3, -0.25) is 9.10 Å². The Morgan fingerprint density at radius 1 is 1.23 bits per heavy atom. The van der Waals surface area contributed by atoms with Gasteiger partial charge in [0.05, 0.1) is 17.3 Å². The molecular weight excluding hydrogens is 400 g/mol. The quantitative estimate of drug-likeness (QED) is 0.672. The summed E-state index contributed by atoms with van der Waals surface area (Å²) in [5, 5.41) is 3.08. The molecule has 2 unspecified atom stereocenters. The van der Waals surface area contributed by atoms with Crippen molar-refractivity contribution < 1.29 is 13.2 Å². The highest BCUT2D eigenvalue weighted by Gasteiger charge is 2.43. The SMILES string of the molecule is NCc1cccc(N2CCCCC2C2(NC=O)C=CC(N3CCCS3(=O)=O)=CC2)c1. The van der Waals surface area contributed by atoms with Crippen LogP contribution in [0.4, 0.5) is 5.69 Å². The highest BCUT2D eigenvalue weighted by Crippen LogP contribution is 2.37. The maximum absolute atomic E-state index is 12.3. The van der Waals surface area contributed by atoms with Crippen LogP contribution in [-0.2, 0) is 21.4 Å². The van der Waals surface area contributed by atoms with Gasteiger partial charge in [0, 0.05) is 31.0 Å². The van der Waals surface area contributed by atoms with Crippen LogP contribution in [0.3, 0.4) is 0 Å². The Bertz CT molecular complexity index is 959. The molecular formula is C22H30N4O3S. The van der Waals surface area contributed by atoms with Crippen LogP contribution in [0.15, 0.2) is 48.2 Å². The van der Waals surface area contributed by atoms with E-state index in [-0.39, 0.29) is 11.8 Å². The van der Waals surface area contributed by atoms with Crippen LogP contribution in [-0.4, -0.2) is 49.6 Å². The molecule has 2 fully saturated rings. The van der Waals surface area contributed by atoms with Crippen LogP contribution in [0.5, 0.6) is 0 Å². The van der Waals surface area contributed by atoms with Gasteiger partial charge in [0.15, 0.2) is 0 Å². The number of sulfonamides is 1. The average molecular weight is 431 g/mol. The summed E-state index contributed by atoms with van der Waals surface area (Å²) in [5.74, 6) is 0.198. The van der Waals surface area contributed by atoms with E-state index >= 15 is 0 Å². The summed E-state index contributed by atoms with van der Waals surface area (Å²) in [6.07, 6.45) is 10.9. The molecule has 1 amide bonds. The summed E-state index contributed by atoms with van der Waals surface area (Å²) >= 11 is 0. The molecule has 1 aromatic rings. The Hall–Kier alpha value is -2.32. The lowest BCUT2D eigenvalue weighted by molar-refractivity contribution is -0.111. The lowest BCUT2D eigenvalue weighted by Crippen LogP contribution is -2.61. The first-order valence-electron chi connectivity index (χ1n) is 10.7. The van der Waals surface area contributed by atoms with Crippen LogP contribution in [0, 0.1) is 0 Å². The molecule has 7 nitrogen and oxygen atoms in total. The number of rotatable bonds is 6. The molecule has 0 radical (unpaired) electrons. The van der Waals surface area contributed by atoms with Gasteiger partial charge in [-0.2, -0.15) is 0 Å². The number of nitrogens with two attached hydrogens (primary N) is 1. The third-order valence-electron chi connectivity index (χ3n) is 6.49. The largest absolute Gasteiger partial charge is 0.366 e. The molecule has 2 aliphatic heterocycles. The molecule has 3 aliphatic rings. The third kappa shape index (κ3) is 3.86. The normalized spacial score (nSPS) is 28.3. The highest BCUT2D eigenvalue weighted by molar-refractivity contribution is 7.89. The molecule has 2 saturated heterocycles. The molecule has 4 rings (SSSR count). The first-order chi connectivity index (χ1) is 14.5.